The first kappa shape index (κ1) is 17.7. The lowest BCUT2D eigenvalue weighted by atomic mass is 10.1. The lowest BCUT2D eigenvalue weighted by Gasteiger charge is -2.12. The van der Waals surface area contributed by atoms with Gasteiger partial charge in [0, 0.05) is 31.8 Å². The fourth-order valence-electron chi connectivity index (χ4n) is 2.92. The molecule has 2 heterocycles. The maximum Gasteiger partial charge on any atom is 0.253 e. The van der Waals surface area contributed by atoms with Crippen molar-refractivity contribution < 1.29 is 4.79 Å². The van der Waals surface area contributed by atoms with Gasteiger partial charge in [0.05, 0.1) is 0 Å². The molecule has 2 aromatic carbocycles. The fourth-order valence-corrected chi connectivity index (χ4v) is 2.92. The largest absolute Gasteiger partial charge is 0.365 e. The first-order chi connectivity index (χ1) is 13.6. The summed E-state index contributed by atoms with van der Waals surface area (Å²) in [5.74, 6) is 1.38. The average molecular weight is 372 g/mol. The van der Waals surface area contributed by atoms with Crippen molar-refractivity contribution in [1.29, 1.82) is 0 Å². The predicted molar refractivity (Wildman–Crippen MR) is 108 cm³/mol. The Morgan fingerprint density at radius 2 is 1.82 bits per heavy atom. The molecule has 4 rings (SSSR count). The van der Waals surface area contributed by atoms with Crippen LogP contribution in [0.4, 0.5) is 5.82 Å². The number of nitrogens with zero attached hydrogens (tertiary/aromatic N) is 5. The Labute approximate surface area is 162 Å². The minimum atomic E-state index is -0.0154. The Bertz CT molecular complexity index is 1120. The quantitative estimate of drug-likeness (QED) is 0.583. The Kier molecular flexibility index (Phi) is 4.72. The minimum Gasteiger partial charge on any atom is -0.365 e. The van der Waals surface area contributed by atoms with Crippen molar-refractivity contribution in [2.75, 3.05) is 19.4 Å². The van der Waals surface area contributed by atoms with Crippen LogP contribution in [0, 0.1) is 0 Å². The molecule has 7 heteroatoms. The van der Waals surface area contributed by atoms with Crippen molar-refractivity contribution in [2.24, 2.45) is 0 Å². The van der Waals surface area contributed by atoms with Crippen LogP contribution in [0.1, 0.15) is 15.9 Å². The molecular weight excluding hydrogens is 352 g/mol. The summed E-state index contributed by atoms with van der Waals surface area (Å²) in [5.41, 5.74) is 3.30. The first-order valence-corrected chi connectivity index (χ1v) is 8.94. The highest BCUT2D eigenvalue weighted by Gasteiger charge is 2.10. The minimum absolute atomic E-state index is 0.0154. The molecule has 140 valence electrons. The molecule has 2 aromatic heterocycles. The first-order valence-electron chi connectivity index (χ1n) is 8.94. The number of hydrogen-bond acceptors (Lipinski definition) is 5. The number of carbonyl (C=O) groups is 1. The summed E-state index contributed by atoms with van der Waals surface area (Å²) < 4.78 is 1.73. The molecule has 0 atom stereocenters. The molecular formula is C21H20N6O. The molecule has 0 saturated carbocycles. The van der Waals surface area contributed by atoms with Crippen LogP contribution in [-0.4, -0.2) is 44.7 Å². The number of benzene rings is 2. The summed E-state index contributed by atoms with van der Waals surface area (Å²) in [6, 6.07) is 21.2. The highest BCUT2D eigenvalue weighted by molar-refractivity contribution is 5.94. The van der Waals surface area contributed by atoms with E-state index in [0.717, 1.165) is 11.1 Å². The third kappa shape index (κ3) is 3.55. The molecule has 0 aliphatic rings. The van der Waals surface area contributed by atoms with Crippen molar-refractivity contribution in [2.45, 2.75) is 6.54 Å². The highest BCUT2D eigenvalue weighted by atomic mass is 16.2. The summed E-state index contributed by atoms with van der Waals surface area (Å²) in [4.78, 5) is 13.7. The van der Waals surface area contributed by atoms with Gasteiger partial charge in [-0.25, -0.2) is 0 Å². The van der Waals surface area contributed by atoms with Gasteiger partial charge in [0.15, 0.2) is 11.5 Å². The standard InChI is InChI=1S/C21H20N6O/c1-26(2)21(28)17-10-6-7-15(13-17)14-22-18-11-12-19-23-24-20(27(19)25-18)16-8-4-3-5-9-16/h3-13H,14H2,1-2H3,(H,22,25). The SMILES string of the molecule is CN(C)C(=O)c1cccc(CNc2ccc3nnc(-c4ccccc4)n3n2)c1. The van der Waals surface area contributed by atoms with E-state index in [0.29, 0.717) is 29.4 Å². The second kappa shape index (κ2) is 7.48. The number of rotatable bonds is 5. The van der Waals surface area contributed by atoms with E-state index in [1.807, 2.05) is 66.7 Å². The van der Waals surface area contributed by atoms with Gasteiger partial charge in [-0.05, 0) is 29.8 Å². The van der Waals surface area contributed by atoms with Gasteiger partial charge in [0.25, 0.3) is 5.91 Å². The van der Waals surface area contributed by atoms with Gasteiger partial charge in [-0.1, -0.05) is 42.5 Å². The monoisotopic (exact) mass is 372 g/mol. The number of aromatic nitrogens is 4. The summed E-state index contributed by atoms with van der Waals surface area (Å²) >= 11 is 0. The average Bonchev–Trinajstić information content (AvgIpc) is 3.15. The second-order valence-electron chi connectivity index (χ2n) is 6.63. The predicted octanol–water partition coefficient (Wildman–Crippen LogP) is 3.11. The molecule has 4 aromatic rings. The number of fused-ring (bicyclic) bond motifs is 1. The molecule has 7 nitrogen and oxygen atoms in total. The Hall–Kier alpha value is -3.74. The van der Waals surface area contributed by atoms with Gasteiger partial charge in [-0.15, -0.1) is 15.3 Å². The lowest BCUT2D eigenvalue weighted by Crippen LogP contribution is -2.21. The van der Waals surface area contributed by atoms with Gasteiger partial charge in [-0.2, -0.15) is 4.52 Å². The van der Waals surface area contributed by atoms with Crippen LogP contribution in [0.15, 0.2) is 66.7 Å². The number of carbonyl (C=O) groups excluding carboxylic acids is 1. The van der Waals surface area contributed by atoms with E-state index < -0.39 is 0 Å². The van der Waals surface area contributed by atoms with Crippen LogP contribution in [0.3, 0.4) is 0 Å². The Morgan fingerprint density at radius 3 is 2.61 bits per heavy atom. The van der Waals surface area contributed by atoms with E-state index in [-0.39, 0.29) is 5.91 Å². The van der Waals surface area contributed by atoms with Gasteiger partial charge < -0.3 is 10.2 Å². The molecule has 0 radical (unpaired) electrons. The van der Waals surface area contributed by atoms with E-state index in [4.69, 9.17) is 0 Å². The highest BCUT2D eigenvalue weighted by Crippen LogP contribution is 2.18. The number of amides is 1. The third-order valence-corrected chi connectivity index (χ3v) is 4.35. The Balaban J connectivity index is 1.56. The molecule has 0 fully saturated rings. The van der Waals surface area contributed by atoms with Crippen LogP contribution in [0.5, 0.6) is 0 Å². The van der Waals surface area contributed by atoms with Crippen molar-refractivity contribution in [1.82, 2.24) is 24.7 Å². The molecule has 1 N–H and O–H groups in total. The summed E-state index contributed by atoms with van der Waals surface area (Å²) in [5, 5.41) is 16.4. The van der Waals surface area contributed by atoms with Crippen LogP contribution >= 0.6 is 0 Å². The zero-order valence-electron chi connectivity index (χ0n) is 15.7. The maximum absolute atomic E-state index is 12.1. The molecule has 0 bridgehead atoms. The molecule has 28 heavy (non-hydrogen) atoms. The lowest BCUT2D eigenvalue weighted by molar-refractivity contribution is 0.0827. The van der Waals surface area contributed by atoms with E-state index in [2.05, 4.69) is 20.6 Å². The number of anilines is 1. The van der Waals surface area contributed by atoms with Crippen LogP contribution < -0.4 is 5.32 Å². The van der Waals surface area contributed by atoms with Crippen molar-refractivity contribution in [3.8, 4) is 11.4 Å². The summed E-state index contributed by atoms with van der Waals surface area (Å²) in [6.45, 7) is 0.551. The van der Waals surface area contributed by atoms with E-state index >= 15 is 0 Å². The molecule has 0 spiro atoms. The van der Waals surface area contributed by atoms with Crippen LogP contribution in [0.2, 0.25) is 0 Å². The maximum atomic E-state index is 12.1. The smallest absolute Gasteiger partial charge is 0.253 e. The van der Waals surface area contributed by atoms with E-state index in [9.17, 15) is 4.79 Å². The molecule has 0 saturated heterocycles. The summed E-state index contributed by atoms with van der Waals surface area (Å²) in [6.07, 6.45) is 0. The fraction of sp³-hybridized carbons (Fsp3) is 0.143. The molecule has 0 aliphatic heterocycles. The van der Waals surface area contributed by atoms with Crippen molar-refractivity contribution >= 4 is 17.4 Å². The third-order valence-electron chi connectivity index (χ3n) is 4.35. The number of nitrogens with one attached hydrogen (secondary N) is 1. The summed E-state index contributed by atoms with van der Waals surface area (Å²) in [7, 11) is 3.49. The van der Waals surface area contributed by atoms with Crippen molar-refractivity contribution in [3.63, 3.8) is 0 Å². The van der Waals surface area contributed by atoms with E-state index in [1.54, 1.807) is 23.5 Å². The Morgan fingerprint density at radius 1 is 1.00 bits per heavy atom. The zero-order chi connectivity index (χ0) is 19.5. The van der Waals surface area contributed by atoms with Crippen LogP contribution in [-0.2, 0) is 6.54 Å². The van der Waals surface area contributed by atoms with Crippen LogP contribution in [0.25, 0.3) is 17.0 Å². The van der Waals surface area contributed by atoms with Gasteiger partial charge >= 0.3 is 0 Å². The second-order valence-corrected chi connectivity index (χ2v) is 6.63. The van der Waals surface area contributed by atoms with Gasteiger partial charge in [0.1, 0.15) is 5.82 Å². The number of hydrogen-bond donors (Lipinski definition) is 1. The van der Waals surface area contributed by atoms with Gasteiger partial charge in [0.2, 0.25) is 0 Å². The topological polar surface area (TPSA) is 75.4 Å². The molecule has 0 unspecified atom stereocenters. The zero-order valence-corrected chi connectivity index (χ0v) is 15.7. The van der Waals surface area contributed by atoms with E-state index in [1.165, 1.54) is 0 Å². The normalized spacial score (nSPS) is 10.8. The molecule has 1 amide bonds. The van der Waals surface area contributed by atoms with Crippen molar-refractivity contribution in [3.05, 3.63) is 77.9 Å². The molecule has 0 aliphatic carbocycles. The van der Waals surface area contributed by atoms with Gasteiger partial charge in [-0.3, -0.25) is 4.79 Å².